The molecule has 0 saturated heterocycles. The predicted molar refractivity (Wildman–Crippen MR) is 43.2 cm³/mol. The van der Waals surface area contributed by atoms with Gasteiger partial charge in [-0.2, -0.15) is 0 Å². The van der Waals surface area contributed by atoms with Crippen LogP contribution in [0.4, 0.5) is 5.82 Å². The molecule has 0 aliphatic heterocycles. The van der Waals surface area contributed by atoms with E-state index in [2.05, 4.69) is 10.3 Å². The Balaban J connectivity index is 2.39. The quantitative estimate of drug-likeness (QED) is 0.655. The smallest absolute Gasteiger partial charge is 0.272 e. The summed E-state index contributed by atoms with van der Waals surface area (Å²) in [6, 6.07) is 5.76. The van der Waals surface area contributed by atoms with E-state index < -0.39 is 0 Å². The predicted octanol–water partition coefficient (Wildman–Crippen LogP) is 0.293. The molecule has 60 valence electrons. The summed E-state index contributed by atoms with van der Waals surface area (Å²) in [6.07, 6.45) is 1.52. The van der Waals surface area contributed by atoms with Crippen molar-refractivity contribution in [3.8, 4) is 0 Å². The van der Waals surface area contributed by atoms with Gasteiger partial charge in [0.25, 0.3) is 5.82 Å². The Hall–Kier alpha value is -1.09. The number of pyridine rings is 1. The van der Waals surface area contributed by atoms with Gasteiger partial charge in [0.05, 0.1) is 12.3 Å². The highest BCUT2D eigenvalue weighted by molar-refractivity contribution is 5.26. The molecule has 0 bridgehead atoms. The molecule has 0 spiro atoms. The molecule has 0 fully saturated rings. The lowest BCUT2D eigenvalue weighted by atomic mass is 10.4. The van der Waals surface area contributed by atoms with Gasteiger partial charge in [-0.1, -0.05) is 6.07 Å². The summed E-state index contributed by atoms with van der Waals surface area (Å²) in [5, 5.41) is 12.0. The molecule has 11 heavy (non-hydrogen) atoms. The maximum atomic E-state index is 8.94. The molecule has 0 radical (unpaired) electrons. The highest BCUT2D eigenvalue weighted by atomic mass is 16.3. The molecule has 1 aromatic rings. The second kappa shape index (κ2) is 3.93. The number of aliphatic hydroxyl groups is 1. The van der Waals surface area contributed by atoms with Crippen molar-refractivity contribution in [2.45, 2.75) is 13.0 Å². The highest BCUT2D eigenvalue weighted by Crippen LogP contribution is 1.93. The second-order valence-corrected chi connectivity index (χ2v) is 2.51. The Morgan fingerprint density at radius 1 is 1.64 bits per heavy atom. The fourth-order valence-corrected chi connectivity index (χ4v) is 0.761. The first kappa shape index (κ1) is 8.01. The Kier molecular flexibility index (Phi) is 2.86. The molecule has 3 N–H and O–H groups in total. The number of H-pyrrole nitrogens is 1. The van der Waals surface area contributed by atoms with E-state index in [-0.39, 0.29) is 6.10 Å². The lowest BCUT2D eigenvalue weighted by Crippen LogP contribution is -2.20. The van der Waals surface area contributed by atoms with E-state index in [1.165, 1.54) is 0 Å². The van der Waals surface area contributed by atoms with Crippen LogP contribution in [0.15, 0.2) is 24.4 Å². The van der Waals surface area contributed by atoms with Crippen molar-refractivity contribution in [2.24, 2.45) is 0 Å². The van der Waals surface area contributed by atoms with Crippen LogP contribution in [0.2, 0.25) is 0 Å². The van der Waals surface area contributed by atoms with Crippen LogP contribution in [0.5, 0.6) is 0 Å². The molecule has 3 heteroatoms. The molecule has 0 aliphatic carbocycles. The fourth-order valence-electron chi connectivity index (χ4n) is 0.761. The maximum absolute atomic E-state index is 8.94. The Labute approximate surface area is 66.1 Å². The van der Waals surface area contributed by atoms with Crippen LogP contribution in [0.25, 0.3) is 0 Å². The van der Waals surface area contributed by atoms with Gasteiger partial charge < -0.3 is 5.11 Å². The lowest BCUT2D eigenvalue weighted by Gasteiger charge is -1.99. The van der Waals surface area contributed by atoms with Crippen molar-refractivity contribution < 1.29 is 10.1 Å². The van der Waals surface area contributed by atoms with E-state index in [0.29, 0.717) is 6.54 Å². The van der Waals surface area contributed by atoms with Gasteiger partial charge >= 0.3 is 0 Å². The van der Waals surface area contributed by atoms with Crippen LogP contribution >= 0.6 is 0 Å². The van der Waals surface area contributed by atoms with E-state index in [9.17, 15) is 0 Å². The molecular formula is C8H13N2O+. The van der Waals surface area contributed by atoms with Crippen molar-refractivity contribution in [3.05, 3.63) is 24.4 Å². The summed E-state index contributed by atoms with van der Waals surface area (Å²) in [7, 11) is 0. The molecular weight excluding hydrogens is 140 g/mol. The summed E-state index contributed by atoms with van der Waals surface area (Å²) in [5.41, 5.74) is 0. The van der Waals surface area contributed by atoms with Gasteiger partial charge in [-0.25, -0.2) is 4.98 Å². The molecule has 0 aromatic carbocycles. The van der Waals surface area contributed by atoms with Gasteiger partial charge in [0, 0.05) is 6.07 Å². The minimum absolute atomic E-state index is 0.316. The van der Waals surface area contributed by atoms with Gasteiger partial charge in [-0.15, -0.1) is 0 Å². The van der Waals surface area contributed by atoms with Crippen LogP contribution in [0.1, 0.15) is 6.92 Å². The molecule has 3 nitrogen and oxygen atoms in total. The Morgan fingerprint density at radius 2 is 2.45 bits per heavy atom. The van der Waals surface area contributed by atoms with Gasteiger partial charge in [-0.05, 0) is 13.0 Å². The van der Waals surface area contributed by atoms with E-state index in [1.54, 1.807) is 6.92 Å². The summed E-state index contributed by atoms with van der Waals surface area (Å²) in [5.74, 6) is 0.924. The molecule has 1 aromatic heterocycles. The normalized spacial score (nSPS) is 12.5. The highest BCUT2D eigenvalue weighted by Gasteiger charge is 2.00. The summed E-state index contributed by atoms with van der Waals surface area (Å²) >= 11 is 0. The molecule has 0 unspecified atom stereocenters. The standard InChI is InChI=1S/C8H12N2O/c1-7(11)6-10-8-4-2-3-5-9-8/h2-5,7,11H,6H2,1H3,(H,9,10)/p+1/t7-/m0/s1. The van der Waals surface area contributed by atoms with Crippen molar-refractivity contribution in [1.82, 2.24) is 0 Å². The molecule has 0 saturated carbocycles. The van der Waals surface area contributed by atoms with Gasteiger partial charge in [0.2, 0.25) is 0 Å². The fraction of sp³-hybridized carbons (Fsp3) is 0.375. The van der Waals surface area contributed by atoms with Crippen LogP contribution in [0.3, 0.4) is 0 Å². The largest absolute Gasteiger partial charge is 0.389 e. The third-order valence-electron chi connectivity index (χ3n) is 1.30. The Morgan fingerprint density at radius 3 is 3.00 bits per heavy atom. The number of nitrogens with one attached hydrogen (secondary N) is 2. The van der Waals surface area contributed by atoms with Crippen LogP contribution in [-0.4, -0.2) is 17.8 Å². The van der Waals surface area contributed by atoms with Gasteiger partial charge in [0.15, 0.2) is 0 Å². The van der Waals surface area contributed by atoms with Crippen LogP contribution < -0.4 is 10.3 Å². The number of aromatic amines is 1. The molecule has 1 rings (SSSR count). The molecule has 1 atom stereocenters. The average Bonchev–Trinajstić information content (AvgIpc) is 2.03. The zero-order chi connectivity index (χ0) is 8.10. The van der Waals surface area contributed by atoms with E-state index in [1.807, 2.05) is 24.4 Å². The van der Waals surface area contributed by atoms with Crippen LogP contribution in [-0.2, 0) is 0 Å². The van der Waals surface area contributed by atoms with E-state index in [4.69, 9.17) is 5.11 Å². The first-order valence-corrected chi connectivity index (χ1v) is 3.67. The van der Waals surface area contributed by atoms with E-state index in [0.717, 1.165) is 5.82 Å². The summed E-state index contributed by atoms with van der Waals surface area (Å²) < 4.78 is 0. The average molecular weight is 153 g/mol. The first-order valence-electron chi connectivity index (χ1n) is 3.67. The van der Waals surface area contributed by atoms with Crippen molar-refractivity contribution in [2.75, 3.05) is 11.9 Å². The van der Waals surface area contributed by atoms with Gasteiger partial charge in [-0.3, -0.25) is 5.32 Å². The molecule has 0 amide bonds. The molecule has 1 heterocycles. The monoisotopic (exact) mass is 153 g/mol. The maximum Gasteiger partial charge on any atom is 0.272 e. The summed E-state index contributed by atoms with van der Waals surface area (Å²) in [4.78, 5) is 3.00. The second-order valence-electron chi connectivity index (χ2n) is 2.51. The minimum Gasteiger partial charge on any atom is -0.389 e. The van der Waals surface area contributed by atoms with Crippen molar-refractivity contribution >= 4 is 5.82 Å². The number of aliphatic hydroxyl groups excluding tert-OH is 1. The number of anilines is 1. The number of hydrogen-bond acceptors (Lipinski definition) is 2. The van der Waals surface area contributed by atoms with Gasteiger partial charge in [0.1, 0.15) is 6.54 Å². The minimum atomic E-state index is -0.316. The number of rotatable bonds is 3. The molecule has 0 aliphatic rings. The summed E-state index contributed by atoms with van der Waals surface area (Å²) in [6.45, 7) is 2.32. The zero-order valence-electron chi connectivity index (χ0n) is 6.54. The van der Waals surface area contributed by atoms with Crippen molar-refractivity contribution in [1.29, 1.82) is 0 Å². The number of aromatic nitrogens is 1. The number of hydrogen-bond donors (Lipinski definition) is 2. The zero-order valence-corrected chi connectivity index (χ0v) is 6.54. The third-order valence-corrected chi connectivity index (χ3v) is 1.30. The van der Waals surface area contributed by atoms with Crippen LogP contribution in [0, 0.1) is 0 Å². The first-order chi connectivity index (χ1) is 5.29. The Bertz CT molecular complexity index is 199. The third kappa shape index (κ3) is 3.00. The van der Waals surface area contributed by atoms with E-state index >= 15 is 0 Å². The van der Waals surface area contributed by atoms with Crippen molar-refractivity contribution in [3.63, 3.8) is 0 Å². The topological polar surface area (TPSA) is 46.4 Å². The SMILES string of the molecule is C[C@H](O)CNc1cccc[nH+]1. The lowest BCUT2D eigenvalue weighted by molar-refractivity contribution is -0.361.